The first kappa shape index (κ1) is 13.3. The predicted octanol–water partition coefficient (Wildman–Crippen LogP) is 3.61. The maximum atomic E-state index is 13.3. The van der Waals surface area contributed by atoms with Crippen LogP contribution in [0.15, 0.2) is 18.2 Å². The molecule has 0 amide bonds. The molecule has 1 saturated carbocycles. The molecule has 1 aliphatic rings. The van der Waals surface area contributed by atoms with Crippen LogP contribution >= 0.6 is 0 Å². The monoisotopic (exact) mass is 261 g/mol. The second-order valence-electron chi connectivity index (χ2n) is 5.47. The molecular weight excluding hydrogens is 246 g/mol. The van der Waals surface area contributed by atoms with Crippen LogP contribution in [0.3, 0.4) is 0 Å². The van der Waals surface area contributed by atoms with Crippen molar-refractivity contribution in [2.45, 2.75) is 43.8 Å². The Morgan fingerprint density at radius 2 is 1.67 bits per heavy atom. The van der Waals surface area contributed by atoms with Crippen LogP contribution in [0.4, 0.5) is 17.6 Å². The summed E-state index contributed by atoms with van der Waals surface area (Å²) < 4.78 is 52.1. The van der Waals surface area contributed by atoms with Gasteiger partial charge in [-0.3, -0.25) is 0 Å². The summed E-state index contributed by atoms with van der Waals surface area (Å²) >= 11 is 0. The van der Waals surface area contributed by atoms with Gasteiger partial charge in [0.15, 0.2) is 0 Å². The molecule has 2 N–H and O–H groups in total. The van der Waals surface area contributed by atoms with Gasteiger partial charge in [0.25, 0.3) is 0 Å². The van der Waals surface area contributed by atoms with E-state index in [-0.39, 0.29) is 5.56 Å². The molecule has 5 heteroatoms. The fourth-order valence-electron chi connectivity index (χ4n) is 2.31. The highest BCUT2D eigenvalue weighted by Crippen LogP contribution is 2.51. The fraction of sp³-hybridized carbons (Fsp3) is 0.538. The van der Waals surface area contributed by atoms with Crippen molar-refractivity contribution in [3.63, 3.8) is 0 Å². The van der Waals surface area contributed by atoms with Gasteiger partial charge in [0, 0.05) is 11.0 Å². The molecule has 0 saturated heterocycles. The first-order chi connectivity index (χ1) is 8.08. The highest BCUT2D eigenvalue weighted by Gasteiger charge is 2.54. The number of nitrogens with two attached hydrogens (primary N) is 1. The molecule has 0 aromatic heterocycles. The van der Waals surface area contributed by atoms with E-state index < -0.39 is 28.5 Å². The van der Waals surface area contributed by atoms with Gasteiger partial charge in [-0.15, -0.1) is 0 Å². The molecule has 1 aromatic rings. The van der Waals surface area contributed by atoms with Crippen LogP contribution in [0.5, 0.6) is 0 Å². The van der Waals surface area contributed by atoms with Crippen molar-refractivity contribution in [1.82, 2.24) is 0 Å². The number of hydrogen-bond donors (Lipinski definition) is 1. The van der Waals surface area contributed by atoms with Gasteiger partial charge in [0.1, 0.15) is 5.82 Å². The van der Waals surface area contributed by atoms with E-state index in [0.717, 1.165) is 18.2 Å². The van der Waals surface area contributed by atoms with Crippen molar-refractivity contribution < 1.29 is 17.6 Å². The normalized spacial score (nSPS) is 18.8. The Labute approximate surface area is 103 Å². The lowest BCUT2D eigenvalue weighted by molar-refractivity contribution is -0.138. The van der Waals surface area contributed by atoms with Crippen molar-refractivity contribution in [3.05, 3.63) is 35.1 Å². The summed E-state index contributed by atoms with van der Waals surface area (Å²) in [5.41, 5.74) is 3.60. The summed E-state index contributed by atoms with van der Waals surface area (Å²) in [5, 5.41) is 0. The Hall–Kier alpha value is -1.10. The maximum Gasteiger partial charge on any atom is 0.416 e. The van der Waals surface area contributed by atoms with Crippen molar-refractivity contribution in [1.29, 1.82) is 0 Å². The van der Waals surface area contributed by atoms with Crippen molar-refractivity contribution in [2.24, 2.45) is 5.73 Å². The largest absolute Gasteiger partial charge is 0.416 e. The van der Waals surface area contributed by atoms with Crippen molar-refractivity contribution in [3.8, 4) is 0 Å². The molecule has 2 rings (SSSR count). The molecule has 0 radical (unpaired) electrons. The van der Waals surface area contributed by atoms with E-state index >= 15 is 0 Å². The van der Waals surface area contributed by atoms with Gasteiger partial charge in [-0.05, 0) is 36.6 Å². The Bertz CT molecular complexity index is 472. The summed E-state index contributed by atoms with van der Waals surface area (Å²) in [5.74, 6) is -0.671. The van der Waals surface area contributed by atoms with Crippen LogP contribution in [-0.4, -0.2) is 5.54 Å². The molecule has 1 aliphatic carbocycles. The Morgan fingerprint density at radius 1 is 1.11 bits per heavy atom. The number of alkyl halides is 3. The molecule has 1 aromatic carbocycles. The Kier molecular flexibility index (Phi) is 2.74. The van der Waals surface area contributed by atoms with Crippen LogP contribution in [0, 0.1) is 5.82 Å². The average Bonchev–Trinajstić information content (AvgIpc) is 2.96. The van der Waals surface area contributed by atoms with E-state index in [4.69, 9.17) is 5.73 Å². The minimum atomic E-state index is -4.49. The standard InChI is InChI=1S/C13H15F4N/c1-11(2,12(18)5-6-12)10-7-8(14)3-4-9(10)13(15,16)17/h3-4,7H,5-6,18H2,1-2H3. The zero-order valence-electron chi connectivity index (χ0n) is 10.2. The predicted molar refractivity (Wildman–Crippen MR) is 60.6 cm³/mol. The van der Waals surface area contributed by atoms with Gasteiger partial charge >= 0.3 is 6.18 Å². The summed E-state index contributed by atoms with van der Waals surface area (Å²) in [6, 6.07) is 2.58. The lowest BCUT2D eigenvalue weighted by atomic mass is 9.74. The van der Waals surface area contributed by atoms with Gasteiger partial charge in [0.2, 0.25) is 0 Å². The van der Waals surface area contributed by atoms with Crippen LogP contribution in [0.1, 0.15) is 37.8 Å². The minimum absolute atomic E-state index is 0.0602. The first-order valence-corrected chi connectivity index (χ1v) is 5.74. The second kappa shape index (κ2) is 3.70. The molecular formula is C13H15F4N. The molecule has 0 spiro atoms. The molecule has 100 valence electrons. The van der Waals surface area contributed by atoms with E-state index in [9.17, 15) is 17.6 Å². The van der Waals surface area contributed by atoms with Crippen LogP contribution in [-0.2, 0) is 11.6 Å². The number of hydrogen-bond acceptors (Lipinski definition) is 1. The Morgan fingerprint density at radius 3 is 2.11 bits per heavy atom. The third-order valence-electron chi connectivity index (χ3n) is 3.99. The third kappa shape index (κ3) is 2.00. The second-order valence-corrected chi connectivity index (χ2v) is 5.47. The molecule has 0 bridgehead atoms. The lowest BCUT2D eigenvalue weighted by Crippen LogP contribution is -2.44. The summed E-state index contributed by atoms with van der Waals surface area (Å²) in [6.45, 7) is 3.29. The van der Waals surface area contributed by atoms with Gasteiger partial charge < -0.3 is 5.73 Å². The molecule has 0 atom stereocenters. The van der Waals surface area contributed by atoms with Crippen molar-refractivity contribution in [2.75, 3.05) is 0 Å². The summed E-state index contributed by atoms with van der Waals surface area (Å²) in [4.78, 5) is 0. The summed E-state index contributed by atoms with van der Waals surface area (Å²) in [6.07, 6.45) is -3.17. The molecule has 0 heterocycles. The van der Waals surface area contributed by atoms with E-state index in [1.165, 1.54) is 0 Å². The molecule has 1 fully saturated rings. The smallest absolute Gasteiger partial charge is 0.324 e. The maximum absolute atomic E-state index is 13.3. The quantitative estimate of drug-likeness (QED) is 0.808. The number of rotatable bonds is 2. The highest BCUT2D eigenvalue weighted by molar-refractivity contribution is 5.40. The van der Waals surface area contributed by atoms with Gasteiger partial charge in [0.05, 0.1) is 5.56 Å². The zero-order chi connectivity index (χ0) is 13.8. The number of benzene rings is 1. The minimum Gasteiger partial charge on any atom is -0.324 e. The van der Waals surface area contributed by atoms with E-state index in [2.05, 4.69) is 0 Å². The topological polar surface area (TPSA) is 26.0 Å². The lowest BCUT2D eigenvalue weighted by Gasteiger charge is -2.34. The highest BCUT2D eigenvalue weighted by atomic mass is 19.4. The summed E-state index contributed by atoms with van der Waals surface area (Å²) in [7, 11) is 0. The van der Waals surface area contributed by atoms with Gasteiger partial charge in [-0.1, -0.05) is 13.8 Å². The zero-order valence-corrected chi connectivity index (χ0v) is 10.2. The first-order valence-electron chi connectivity index (χ1n) is 5.74. The van der Waals surface area contributed by atoms with E-state index in [1.54, 1.807) is 13.8 Å². The van der Waals surface area contributed by atoms with Gasteiger partial charge in [-0.2, -0.15) is 13.2 Å². The average molecular weight is 261 g/mol. The molecule has 1 nitrogen and oxygen atoms in total. The van der Waals surface area contributed by atoms with Gasteiger partial charge in [-0.25, -0.2) is 4.39 Å². The van der Waals surface area contributed by atoms with E-state index in [1.807, 2.05) is 0 Å². The SMILES string of the molecule is CC(C)(c1cc(F)ccc1C(F)(F)F)C1(N)CC1. The van der Waals surface area contributed by atoms with Crippen LogP contribution in [0.2, 0.25) is 0 Å². The Balaban J connectivity index is 2.59. The third-order valence-corrected chi connectivity index (χ3v) is 3.99. The van der Waals surface area contributed by atoms with Crippen molar-refractivity contribution >= 4 is 0 Å². The van der Waals surface area contributed by atoms with E-state index in [0.29, 0.717) is 12.8 Å². The number of halogens is 4. The van der Waals surface area contributed by atoms with Crippen LogP contribution in [0.25, 0.3) is 0 Å². The fourth-order valence-corrected chi connectivity index (χ4v) is 2.31. The van der Waals surface area contributed by atoms with Crippen LogP contribution < -0.4 is 5.73 Å². The molecule has 18 heavy (non-hydrogen) atoms. The molecule has 0 unspecified atom stereocenters. The molecule has 0 aliphatic heterocycles.